The number of rotatable bonds is 2. The number of hydrogen-bond donors (Lipinski definition) is 0. The second-order valence-electron chi connectivity index (χ2n) is 7.66. The van der Waals surface area contributed by atoms with Crippen molar-refractivity contribution in [3.8, 4) is 0 Å². The SMILES string of the molecule is CN(C)C(=O)c1ccc(C(Br)=C2CCN(C(=O)OC(C)(C)C)CC2)cc1. The van der Waals surface area contributed by atoms with Crippen LogP contribution in [-0.4, -0.2) is 54.6 Å². The van der Waals surface area contributed by atoms with Crippen LogP contribution >= 0.6 is 15.9 Å². The van der Waals surface area contributed by atoms with E-state index in [1.54, 1.807) is 23.9 Å². The smallest absolute Gasteiger partial charge is 0.410 e. The molecule has 2 rings (SSSR count). The average Bonchev–Trinajstić information content (AvgIpc) is 2.59. The lowest BCUT2D eigenvalue weighted by Gasteiger charge is -2.31. The molecule has 2 amide bonds. The standard InChI is InChI=1S/C20H27BrN2O3/c1-20(2,3)26-19(25)23-12-10-15(11-13-23)17(21)14-6-8-16(9-7-14)18(24)22(4)5/h6-9H,10-13H2,1-5H3. The van der Waals surface area contributed by atoms with E-state index in [1.807, 2.05) is 45.0 Å². The molecule has 0 atom stereocenters. The molecule has 0 bridgehead atoms. The highest BCUT2D eigenvalue weighted by atomic mass is 79.9. The van der Waals surface area contributed by atoms with Gasteiger partial charge < -0.3 is 14.5 Å². The molecule has 6 heteroatoms. The van der Waals surface area contributed by atoms with Gasteiger partial charge in [-0.2, -0.15) is 0 Å². The third-order valence-corrected chi connectivity index (χ3v) is 5.14. The summed E-state index contributed by atoms with van der Waals surface area (Å²) >= 11 is 3.69. The summed E-state index contributed by atoms with van der Waals surface area (Å²) in [7, 11) is 3.49. The van der Waals surface area contributed by atoms with Crippen LogP contribution in [0.5, 0.6) is 0 Å². The minimum absolute atomic E-state index is 0.00834. The number of benzene rings is 1. The summed E-state index contributed by atoms with van der Waals surface area (Å²) in [5.41, 5.74) is 2.51. The fraction of sp³-hybridized carbons (Fsp3) is 0.500. The summed E-state index contributed by atoms with van der Waals surface area (Å²) in [6.45, 7) is 6.93. The number of likely N-dealkylation sites (tertiary alicyclic amines) is 1. The van der Waals surface area contributed by atoms with Crippen molar-refractivity contribution in [2.45, 2.75) is 39.2 Å². The number of amides is 2. The number of carbonyl (C=O) groups is 2. The first-order valence-electron chi connectivity index (χ1n) is 8.76. The first kappa shape index (κ1) is 20.5. The van der Waals surface area contributed by atoms with Crippen molar-refractivity contribution in [2.24, 2.45) is 0 Å². The molecule has 1 fully saturated rings. The largest absolute Gasteiger partial charge is 0.444 e. The zero-order valence-corrected chi connectivity index (χ0v) is 17.7. The predicted molar refractivity (Wildman–Crippen MR) is 107 cm³/mol. The molecule has 1 saturated heterocycles. The van der Waals surface area contributed by atoms with E-state index in [2.05, 4.69) is 15.9 Å². The summed E-state index contributed by atoms with van der Waals surface area (Å²) in [4.78, 5) is 27.5. The molecule has 1 aliphatic heterocycles. The lowest BCUT2D eigenvalue weighted by molar-refractivity contribution is 0.0236. The molecule has 26 heavy (non-hydrogen) atoms. The van der Waals surface area contributed by atoms with E-state index in [4.69, 9.17) is 4.74 Å². The van der Waals surface area contributed by atoms with Crippen molar-refractivity contribution in [3.05, 3.63) is 41.0 Å². The number of piperidine rings is 1. The Morgan fingerprint density at radius 3 is 2.00 bits per heavy atom. The Bertz CT molecular complexity index is 693. The Kier molecular flexibility index (Phi) is 6.50. The van der Waals surface area contributed by atoms with Crippen LogP contribution in [0.1, 0.15) is 49.5 Å². The van der Waals surface area contributed by atoms with Gasteiger partial charge >= 0.3 is 6.09 Å². The predicted octanol–water partition coefficient (Wildman–Crippen LogP) is 4.53. The Morgan fingerprint density at radius 2 is 1.54 bits per heavy atom. The number of ether oxygens (including phenoxy) is 1. The van der Waals surface area contributed by atoms with Crippen molar-refractivity contribution < 1.29 is 14.3 Å². The van der Waals surface area contributed by atoms with E-state index in [-0.39, 0.29) is 12.0 Å². The third-order valence-electron chi connectivity index (χ3n) is 4.12. The highest BCUT2D eigenvalue weighted by molar-refractivity contribution is 9.15. The highest BCUT2D eigenvalue weighted by Gasteiger charge is 2.25. The van der Waals surface area contributed by atoms with Crippen LogP contribution in [0.4, 0.5) is 4.79 Å². The topological polar surface area (TPSA) is 49.9 Å². The maximum absolute atomic E-state index is 12.2. The lowest BCUT2D eigenvalue weighted by atomic mass is 10.0. The summed E-state index contributed by atoms with van der Waals surface area (Å²) < 4.78 is 6.48. The molecule has 0 aromatic heterocycles. The van der Waals surface area contributed by atoms with Crippen LogP contribution in [-0.2, 0) is 4.74 Å². The van der Waals surface area contributed by atoms with E-state index in [0.29, 0.717) is 18.7 Å². The lowest BCUT2D eigenvalue weighted by Crippen LogP contribution is -2.40. The van der Waals surface area contributed by atoms with Crippen molar-refractivity contribution in [3.63, 3.8) is 0 Å². The molecule has 5 nitrogen and oxygen atoms in total. The molecule has 0 aliphatic carbocycles. The minimum atomic E-state index is -0.473. The van der Waals surface area contributed by atoms with Gasteiger partial charge in [0.2, 0.25) is 0 Å². The monoisotopic (exact) mass is 422 g/mol. The molecule has 1 aliphatic rings. The number of halogens is 1. The fourth-order valence-corrected chi connectivity index (χ4v) is 3.39. The molecule has 1 heterocycles. The van der Waals surface area contributed by atoms with Gasteiger partial charge in [0, 0.05) is 37.2 Å². The molecule has 0 N–H and O–H groups in total. The van der Waals surface area contributed by atoms with Gasteiger partial charge in [-0.1, -0.05) is 33.6 Å². The van der Waals surface area contributed by atoms with E-state index >= 15 is 0 Å². The van der Waals surface area contributed by atoms with Crippen LogP contribution < -0.4 is 0 Å². The van der Waals surface area contributed by atoms with Crippen LogP contribution in [0.3, 0.4) is 0 Å². The van der Waals surface area contributed by atoms with Gasteiger partial charge in [0.15, 0.2) is 0 Å². The van der Waals surface area contributed by atoms with Crippen molar-refractivity contribution >= 4 is 32.4 Å². The number of carbonyl (C=O) groups excluding carboxylic acids is 2. The normalized spacial score (nSPS) is 14.8. The minimum Gasteiger partial charge on any atom is -0.444 e. The zero-order chi connectivity index (χ0) is 19.5. The van der Waals surface area contributed by atoms with Crippen LogP contribution in [0.2, 0.25) is 0 Å². The van der Waals surface area contributed by atoms with Gasteiger partial charge in [-0.3, -0.25) is 4.79 Å². The molecule has 1 aromatic carbocycles. The van der Waals surface area contributed by atoms with E-state index in [0.717, 1.165) is 22.9 Å². The maximum atomic E-state index is 12.2. The zero-order valence-electron chi connectivity index (χ0n) is 16.1. The third kappa shape index (κ3) is 5.34. The maximum Gasteiger partial charge on any atom is 0.410 e. The molecule has 0 spiro atoms. The molecule has 0 unspecified atom stereocenters. The average molecular weight is 423 g/mol. The van der Waals surface area contributed by atoms with Gasteiger partial charge in [0.05, 0.1) is 0 Å². The van der Waals surface area contributed by atoms with Crippen LogP contribution in [0, 0.1) is 0 Å². The van der Waals surface area contributed by atoms with Gasteiger partial charge in [-0.05, 0) is 51.3 Å². The Labute approximate surface area is 164 Å². The number of nitrogens with zero attached hydrogens (tertiary/aromatic N) is 2. The summed E-state index contributed by atoms with van der Waals surface area (Å²) in [6.07, 6.45) is 1.36. The fourth-order valence-electron chi connectivity index (χ4n) is 2.73. The Hall–Kier alpha value is -1.82. The number of hydrogen-bond acceptors (Lipinski definition) is 3. The molecule has 0 saturated carbocycles. The molecule has 142 valence electrons. The second kappa shape index (κ2) is 8.25. The van der Waals surface area contributed by atoms with Gasteiger partial charge in [0.25, 0.3) is 5.91 Å². The van der Waals surface area contributed by atoms with Crippen LogP contribution in [0.15, 0.2) is 29.8 Å². The first-order valence-corrected chi connectivity index (χ1v) is 9.55. The quantitative estimate of drug-likeness (QED) is 0.703. The van der Waals surface area contributed by atoms with Gasteiger partial charge in [0.1, 0.15) is 5.60 Å². The van der Waals surface area contributed by atoms with E-state index < -0.39 is 5.60 Å². The Morgan fingerprint density at radius 1 is 1.04 bits per heavy atom. The molecule has 0 radical (unpaired) electrons. The van der Waals surface area contributed by atoms with E-state index in [9.17, 15) is 9.59 Å². The highest BCUT2D eigenvalue weighted by Crippen LogP contribution is 2.32. The van der Waals surface area contributed by atoms with Crippen LogP contribution in [0.25, 0.3) is 4.48 Å². The molecule has 1 aromatic rings. The first-order chi connectivity index (χ1) is 12.1. The second-order valence-corrected chi connectivity index (χ2v) is 8.45. The summed E-state index contributed by atoms with van der Waals surface area (Å²) in [5, 5.41) is 0. The molecular weight excluding hydrogens is 396 g/mol. The van der Waals surface area contributed by atoms with Gasteiger partial charge in [-0.25, -0.2) is 4.79 Å². The molecular formula is C20H27BrN2O3. The van der Waals surface area contributed by atoms with Gasteiger partial charge in [-0.15, -0.1) is 0 Å². The van der Waals surface area contributed by atoms with Crippen molar-refractivity contribution in [1.29, 1.82) is 0 Å². The van der Waals surface area contributed by atoms with Crippen molar-refractivity contribution in [2.75, 3.05) is 27.2 Å². The summed E-state index contributed by atoms with van der Waals surface area (Å²) in [5.74, 6) is -0.00834. The van der Waals surface area contributed by atoms with Crippen molar-refractivity contribution in [1.82, 2.24) is 9.80 Å². The van der Waals surface area contributed by atoms with E-state index in [1.165, 1.54) is 5.57 Å². The Balaban J connectivity index is 2.03. The summed E-state index contributed by atoms with van der Waals surface area (Å²) in [6, 6.07) is 7.59.